The predicted molar refractivity (Wildman–Crippen MR) is 147 cm³/mol. The molecule has 2 saturated heterocycles. The average molecular weight is 507 g/mol. The zero-order chi connectivity index (χ0) is 23.9. The Hall–Kier alpha value is -1.25. The van der Waals surface area contributed by atoms with Crippen LogP contribution in [-0.4, -0.2) is 41.1 Å². The van der Waals surface area contributed by atoms with Gasteiger partial charge in [0.05, 0.1) is 24.4 Å². The smallest absolute Gasteiger partial charge is 0.209 e. The highest BCUT2D eigenvalue weighted by Crippen LogP contribution is 2.43. The van der Waals surface area contributed by atoms with E-state index >= 15 is 0 Å². The molecule has 0 N–H and O–H groups in total. The van der Waals surface area contributed by atoms with Crippen molar-refractivity contribution in [2.45, 2.75) is 101 Å². The minimum absolute atomic E-state index is 0.564. The Bertz CT molecular complexity index is 908. The van der Waals surface area contributed by atoms with E-state index in [4.69, 9.17) is 13.6 Å². The van der Waals surface area contributed by atoms with Gasteiger partial charge < -0.3 is 13.6 Å². The van der Waals surface area contributed by atoms with Gasteiger partial charge in [-0.3, -0.25) is 0 Å². The zero-order valence-corrected chi connectivity index (χ0v) is 23.5. The van der Waals surface area contributed by atoms with E-state index < -0.39 is 16.6 Å². The first kappa shape index (κ1) is 24.1. The first-order chi connectivity index (χ1) is 17.0. The molecule has 3 nitrogen and oxygen atoms in total. The normalized spacial score (nSPS) is 34.7. The molecule has 35 heavy (non-hydrogen) atoms. The molecule has 2 heterocycles. The van der Waals surface area contributed by atoms with Gasteiger partial charge >= 0.3 is 0 Å². The maximum absolute atomic E-state index is 7.67. The molecule has 5 heteroatoms. The Morgan fingerprint density at radius 3 is 1.46 bits per heavy atom. The van der Waals surface area contributed by atoms with Gasteiger partial charge in [0, 0.05) is 0 Å². The molecule has 2 saturated carbocycles. The molecule has 6 rings (SSSR count). The van der Waals surface area contributed by atoms with Crippen molar-refractivity contribution in [1.82, 2.24) is 0 Å². The van der Waals surface area contributed by atoms with Gasteiger partial charge in [-0.1, -0.05) is 73.5 Å². The second kappa shape index (κ2) is 9.90. The van der Waals surface area contributed by atoms with Crippen LogP contribution in [0.2, 0.25) is 25.2 Å². The summed E-state index contributed by atoms with van der Waals surface area (Å²) < 4.78 is 19.4. The van der Waals surface area contributed by atoms with E-state index in [1.165, 1.54) is 73.8 Å². The number of fused-ring (bicyclic) bond motifs is 2. The van der Waals surface area contributed by atoms with Crippen molar-refractivity contribution >= 4 is 27.0 Å². The molecule has 4 fully saturated rings. The topological polar surface area (TPSA) is 34.3 Å². The summed E-state index contributed by atoms with van der Waals surface area (Å²) in [5.74, 6) is 1.60. The molecular weight excluding hydrogens is 464 g/mol. The fourth-order valence-corrected chi connectivity index (χ4v) is 17.1. The quantitative estimate of drug-likeness (QED) is 0.298. The molecule has 2 aromatic rings. The van der Waals surface area contributed by atoms with E-state index in [1.807, 2.05) is 0 Å². The van der Waals surface area contributed by atoms with E-state index in [9.17, 15) is 0 Å². The maximum atomic E-state index is 7.67. The van der Waals surface area contributed by atoms with Crippen LogP contribution in [0.1, 0.15) is 51.4 Å². The number of benzene rings is 2. The number of epoxide rings is 2. The van der Waals surface area contributed by atoms with Gasteiger partial charge in [-0.2, -0.15) is 0 Å². The van der Waals surface area contributed by atoms with Crippen molar-refractivity contribution < 1.29 is 13.6 Å². The molecule has 4 aliphatic rings. The summed E-state index contributed by atoms with van der Waals surface area (Å²) in [5.41, 5.74) is 0. The maximum Gasteiger partial charge on any atom is 0.209 e. The summed E-state index contributed by atoms with van der Waals surface area (Å²) >= 11 is 0. The van der Waals surface area contributed by atoms with E-state index in [-0.39, 0.29) is 0 Å². The monoisotopic (exact) mass is 506 g/mol. The van der Waals surface area contributed by atoms with E-state index in [0.717, 1.165) is 11.8 Å². The van der Waals surface area contributed by atoms with Crippen LogP contribution in [0, 0.1) is 11.8 Å². The van der Waals surface area contributed by atoms with Crippen LogP contribution in [-0.2, 0) is 13.6 Å². The second-order valence-corrected chi connectivity index (χ2v) is 20.1. The zero-order valence-electron chi connectivity index (χ0n) is 21.5. The van der Waals surface area contributed by atoms with Crippen molar-refractivity contribution in [2.24, 2.45) is 11.8 Å². The van der Waals surface area contributed by atoms with Gasteiger partial charge in [-0.25, -0.2) is 0 Å². The third-order valence-electron chi connectivity index (χ3n) is 9.50. The predicted octanol–water partition coefficient (Wildman–Crippen LogP) is 5.88. The molecule has 8 atom stereocenters. The molecule has 0 aromatic heterocycles. The highest BCUT2D eigenvalue weighted by Gasteiger charge is 2.47. The lowest BCUT2D eigenvalue weighted by atomic mass is 9.88. The fourth-order valence-electron chi connectivity index (χ4n) is 7.04. The second-order valence-electron chi connectivity index (χ2n) is 12.2. The summed E-state index contributed by atoms with van der Waals surface area (Å²) in [5, 5.41) is 2.94. The Labute approximate surface area is 213 Å². The van der Waals surface area contributed by atoms with Crippen molar-refractivity contribution in [3.63, 3.8) is 0 Å². The molecule has 2 aliphatic heterocycles. The standard InChI is InChI=1S/C30H42O3Si2/c1-34(25-9-5-3-6-10-25,19-17-23-13-15-27-29(21-23)31-27)33-35(2,26-11-7-4-8-12-26)20-18-24-14-16-28-30(22-24)32-28/h3-12,23-24,27-30H,13-22H2,1-2H3. The van der Waals surface area contributed by atoms with Gasteiger partial charge in [0.1, 0.15) is 0 Å². The molecule has 2 aromatic carbocycles. The van der Waals surface area contributed by atoms with E-state index in [0.29, 0.717) is 24.4 Å². The van der Waals surface area contributed by atoms with Crippen LogP contribution in [0.3, 0.4) is 0 Å². The van der Waals surface area contributed by atoms with E-state index in [1.54, 1.807) is 0 Å². The Balaban J connectivity index is 1.22. The van der Waals surface area contributed by atoms with Crippen LogP contribution >= 0.6 is 0 Å². The lowest BCUT2D eigenvalue weighted by molar-refractivity contribution is 0.353. The van der Waals surface area contributed by atoms with Gasteiger partial charge in [0.2, 0.25) is 16.6 Å². The van der Waals surface area contributed by atoms with Crippen molar-refractivity contribution in [3.05, 3.63) is 60.7 Å². The minimum Gasteiger partial charge on any atom is -0.448 e. The first-order valence-electron chi connectivity index (χ1n) is 14.1. The third kappa shape index (κ3) is 5.54. The SMILES string of the molecule is C[Si](CCC1CCC2OC2C1)(O[Si](C)(CCC1CCC2OC2C1)c1ccccc1)c1ccccc1. The number of hydrogen-bond donors (Lipinski definition) is 0. The van der Waals surface area contributed by atoms with Crippen LogP contribution in [0.5, 0.6) is 0 Å². The summed E-state index contributed by atoms with van der Waals surface area (Å²) in [7, 11) is -4.26. The van der Waals surface area contributed by atoms with Gasteiger partial charge in [-0.05, 0) is 85.9 Å². The molecule has 0 amide bonds. The summed E-state index contributed by atoms with van der Waals surface area (Å²) in [4.78, 5) is 0. The molecule has 188 valence electrons. The number of ether oxygens (including phenoxy) is 2. The van der Waals surface area contributed by atoms with Gasteiger partial charge in [0.25, 0.3) is 0 Å². The molecule has 8 unspecified atom stereocenters. The highest BCUT2D eigenvalue weighted by molar-refractivity contribution is 6.97. The first-order valence-corrected chi connectivity index (χ1v) is 19.4. The lowest BCUT2D eigenvalue weighted by Crippen LogP contribution is -2.60. The Morgan fingerprint density at radius 1 is 0.629 bits per heavy atom. The van der Waals surface area contributed by atoms with E-state index in [2.05, 4.69) is 73.8 Å². The van der Waals surface area contributed by atoms with Crippen LogP contribution < -0.4 is 10.4 Å². The fraction of sp³-hybridized carbons (Fsp3) is 0.600. The molecule has 2 aliphatic carbocycles. The van der Waals surface area contributed by atoms with Crippen LogP contribution in [0.4, 0.5) is 0 Å². The minimum atomic E-state index is -2.13. The van der Waals surface area contributed by atoms with Crippen molar-refractivity contribution in [1.29, 1.82) is 0 Å². The number of rotatable bonds is 10. The van der Waals surface area contributed by atoms with Crippen molar-refractivity contribution in [2.75, 3.05) is 0 Å². The van der Waals surface area contributed by atoms with Gasteiger partial charge in [-0.15, -0.1) is 0 Å². The molecule has 0 spiro atoms. The van der Waals surface area contributed by atoms with Crippen molar-refractivity contribution in [3.8, 4) is 0 Å². The highest BCUT2D eigenvalue weighted by atomic mass is 28.4. The average Bonchev–Trinajstić information content (AvgIpc) is 3.82. The Morgan fingerprint density at radius 2 is 1.06 bits per heavy atom. The summed E-state index contributed by atoms with van der Waals surface area (Å²) in [6, 6.07) is 25.0. The van der Waals surface area contributed by atoms with Crippen LogP contribution in [0.15, 0.2) is 60.7 Å². The molecule has 0 bridgehead atoms. The largest absolute Gasteiger partial charge is 0.448 e. The molecular formula is C30H42O3Si2. The summed E-state index contributed by atoms with van der Waals surface area (Å²) in [6.07, 6.45) is 12.6. The Kier molecular flexibility index (Phi) is 6.82. The summed E-state index contributed by atoms with van der Waals surface area (Å²) in [6.45, 7) is 5.03. The van der Waals surface area contributed by atoms with Crippen LogP contribution in [0.25, 0.3) is 0 Å². The number of hydrogen-bond acceptors (Lipinski definition) is 3. The lowest BCUT2D eigenvalue weighted by Gasteiger charge is -2.40. The molecule has 0 radical (unpaired) electrons. The third-order valence-corrected chi connectivity index (χ3v) is 18.7. The van der Waals surface area contributed by atoms with Gasteiger partial charge in [0.15, 0.2) is 0 Å².